The van der Waals surface area contributed by atoms with Gasteiger partial charge in [0.25, 0.3) is 0 Å². The SMILES string of the molecule is CCN(C(=O)CCC(C)CN)C(C)C. The van der Waals surface area contributed by atoms with Crippen molar-refractivity contribution < 1.29 is 4.79 Å². The summed E-state index contributed by atoms with van der Waals surface area (Å²) in [7, 11) is 0. The minimum Gasteiger partial charge on any atom is -0.341 e. The molecule has 0 spiro atoms. The Balaban J connectivity index is 3.93. The Morgan fingerprint density at radius 3 is 2.29 bits per heavy atom. The Kier molecular flexibility index (Phi) is 6.54. The van der Waals surface area contributed by atoms with Gasteiger partial charge < -0.3 is 10.6 Å². The molecule has 0 aliphatic carbocycles. The lowest BCUT2D eigenvalue weighted by Crippen LogP contribution is -2.36. The van der Waals surface area contributed by atoms with Crippen LogP contribution in [0.5, 0.6) is 0 Å². The zero-order chi connectivity index (χ0) is 11.1. The van der Waals surface area contributed by atoms with Crippen molar-refractivity contribution in [2.75, 3.05) is 13.1 Å². The molecular formula is C11H24N2O. The maximum Gasteiger partial charge on any atom is 0.222 e. The van der Waals surface area contributed by atoms with Crippen LogP contribution in [0.2, 0.25) is 0 Å². The molecule has 0 saturated carbocycles. The number of carbonyl (C=O) groups is 1. The highest BCUT2D eigenvalue weighted by Gasteiger charge is 2.15. The first-order valence-corrected chi connectivity index (χ1v) is 5.52. The summed E-state index contributed by atoms with van der Waals surface area (Å²) in [6.45, 7) is 9.67. The van der Waals surface area contributed by atoms with E-state index in [4.69, 9.17) is 5.73 Å². The normalized spacial score (nSPS) is 13.0. The fourth-order valence-corrected chi connectivity index (χ4v) is 1.46. The Morgan fingerprint density at radius 2 is 1.93 bits per heavy atom. The molecule has 0 radical (unpaired) electrons. The van der Waals surface area contributed by atoms with Crippen molar-refractivity contribution in [1.29, 1.82) is 0 Å². The van der Waals surface area contributed by atoms with Crippen molar-refractivity contribution in [3.8, 4) is 0 Å². The van der Waals surface area contributed by atoms with E-state index in [0.29, 0.717) is 24.9 Å². The van der Waals surface area contributed by atoms with Gasteiger partial charge in [-0.2, -0.15) is 0 Å². The van der Waals surface area contributed by atoms with E-state index >= 15 is 0 Å². The molecule has 84 valence electrons. The molecular weight excluding hydrogens is 176 g/mol. The van der Waals surface area contributed by atoms with E-state index in [1.54, 1.807) is 0 Å². The van der Waals surface area contributed by atoms with E-state index in [-0.39, 0.29) is 5.91 Å². The molecule has 0 aliphatic rings. The van der Waals surface area contributed by atoms with Crippen LogP contribution in [0.25, 0.3) is 0 Å². The first kappa shape index (κ1) is 13.4. The third-order valence-corrected chi connectivity index (χ3v) is 2.54. The van der Waals surface area contributed by atoms with Gasteiger partial charge >= 0.3 is 0 Å². The minimum absolute atomic E-state index is 0.253. The molecule has 1 amide bonds. The standard InChI is InChI=1S/C11H24N2O/c1-5-13(9(2)3)11(14)7-6-10(4)8-12/h9-10H,5-8,12H2,1-4H3. The Hall–Kier alpha value is -0.570. The number of rotatable bonds is 6. The molecule has 0 aromatic rings. The lowest BCUT2D eigenvalue weighted by molar-refractivity contribution is -0.132. The van der Waals surface area contributed by atoms with E-state index in [9.17, 15) is 4.79 Å². The fourth-order valence-electron chi connectivity index (χ4n) is 1.46. The molecule has 0 fully saturated rings. The average molecular weight is 200 g/mol. The summed E-state index contributed by atoms with van der Waals surface area (Å²) in [5, 5.41) is 0. The second-order valence-electron chi connectivity index (χ2n) is 4.15. The first-order chi connectivity index (χ1) is 6.52. The summed E-state index contributed by atoms with van der Waals surface area (Å²) in [6, 6.07) is 0.306. The third kappa shape index (κ3) is 4.61. The van der Waals surface area contributed by atoms with Crippen LogP contribution in [0.1, 0.15) is 40.5 Å². The maximum absolute atomic E-state index is 11.7. The zero-order valence-electron chi connectivity index (χ0n) is 9.92. The summed E-state index contributed by atoms with van der Waals surface area (Å²) < 4.78 is 0. The largest absolute Gasteiger partial charge is 0.341 e. The van der Waals surface area contributed by atoms with E-state index in [1.807, 2.05) is 25.7 Å². The summed E-state index contributed by atoms with van der Waals surface area (Å²) >= 11 is 0. The second-order valence-corrected chi connectivity index (χ2v) is 4.15. The predicted octanol–water partition coefficient (Wildman–Crippen LogP) is 1.62. The van der Waals surface area contributed by atoms with Crippen LogP contribution >= 0.6 is 0 Å². The molecule has 0 aromatic carbocycles. The molecule has 0 aromatic heterocycles. The van der Waals surface area contributed by atoms with Crippen molar-refractivity contribution in [1.82, 2.24) is 4.90 Å². The number of nitrogens with two attached hydrogens (primary N) is 1. The van der Waals surface area contributed by atoms with Gasteiger partial charge in [-0.25, -0.2) is 0 Å². The van der Waals surface area contributed by atoms with E-state index in [0.717, 1.165) is 13.0 Å². The van der Waals surface area contributed by atoms with Crippen molar-refractivity contribution in [3.05, 3.63) is 0 Å². The molecule has 3 nitrogen and oxygen atoms in total. The summed E-state index contributed by atoms with van der Waals surface area (Å²) in [6.07, 6.45) is 1.53. The average Bonchev–Trinajstić information content (AvgIpc) is 2.14. The molecule has 0 rings (SSSR count). The fraction of sp³-hybridized carbons (Fsp3) is 0.909. The lowest BCUT2D eigenvalue weighted by Gasteiger charge is -2.25. The lowest BCUT2D eigenvalue weighted by atomic mass is 10.1. The van der Waals surface area contributed by atoms with Gasteiger partial charge in [0.2, 0.25) is 5.91 Å². The number of amides is 1. The quantitative estimate of drug-likeness (QED) is 0.708. The van der Waals surface area contributed by atoms with Gasteiger partial charge in [0.05, 0.1) is 0 Å². The van der Waals surface area contributed by atoms with E-state index in [2.05, 4.69) is 6.92 Å². The second kappa shape index (κ2) is 6.82. The summed E-state index contributed by atoms with van der Waals surface area (Å²) in [5.41, 5.74) is 5.50. The van der Waals surface area contributed by atoms with Crippen molar-refractivity contribution >= 4 is 5.91 Å². The van der Waals surface area contributed by atoms with Gasteiger partial charge in [-0.15, -0.1) is 0 Å². The molecule has 0 heterocycles. The van der Waals surface area contributed by atoms with Crippen molar-refractivity contribution in [2.24, 2.45) is 11.7 Å². The van der Waals surface area contributed by atoms with Crippen molar-refractivity contribution in [2.45, 2.75) is 46.6 Å². The third-order valence-electron chi connectivity index (χ3n) is 2.54. The summed E-state index contributed by atoms with van der Waals surface area (Å²) in [5.74, 6) is 0.701. The van der Waals surface area contributed by atoms with E-state index < -0.39 is 0 Å². The first-order valence-electron chi connectivity index (χ1n) is 5.52. The molecule has 0 bridgehead atoms. The van der Waals surface area contributed by atoms with Gasteiger partial charge in [0, 0.05) is 19.0 Å². The Labute approximate surface area is 87.6 Å². The highest BCUT2D eigenvalue weighted by atomic mass is 16.2. The topological polar surface area (TPSA) is 46.3 Å². The highest BCUT2D eigenvalue weighted by Crippen LogP contribution is 2.08. The van der Waals surface area contributed by atoms with Crippen LogP contribution in [0.4, 0.5) is 0 Å². The molecule has 1 atom stereocenters. The van der Waals surface area contributed by atoms with Crippen LogP contribution in [0.15, 0.2) is 0 Å². The predicted molar refractivity (Wildman–Crippen MR) is 60.0 cm³/mol. The number of hydrogen-bond acceptors (Lipinski definition) is 2. The molecule has 2 N–H and O–H groups in total. The van der Waals surface area contributed by atoms with Gasteiger partial charge in [-0.05, 0) is 39.7 Å². The number of hydrogen-bond donors (Lipinski definition) is 1. The Bertz CT molecular complexity index is 169. The van der Waals surface area contributed by atoms with Gasteiger partial charge in [-0.3, -0.25) is 4.79 Å². The van der Waals surface area contributed by atoms with Gasteiger partial charge in [0.15, 0.2) is 0 Å². The zero-order valence-corrected chi connectivity index (χ0v) is 9.92. The molecule has 1 unspecified atom stereocenters. The molecule has 3 heteroatoms. The molecule has 14 heavy (non-hydrogen) atoms. The van der Waals surface area contributed by atoms with Crippen LogP contribution in [0, 0.1) is 5.92 Å². The summed E-state index contributed by atoms with van der Waals surface area (Å²) in [4.78, 5) is 13.6. The van der Waals surface area contributed by atoms with Crippen LogP contribution < -0.4 is 5.73 Å². The Morgan fingerprint density at radius 1 is 1.36 bits per heavy atom. The monoisotopic (exact) mass is 200 g/mol. The minimum atomic E-state index is 0.253. The van der Waals surface area contributed by atoms with Crippen LogP contribution in [-0.4, -0.2) is 29.9 Å². The van der Waals surface area contributed by atoms with Gasteiger partial charge in [0.1, 0.15) is 0 Å². The van der Waals surface area contributed by atoms with E-state index in [1.165, 1.54) is 0 Å². The number of nitrogens with zero attached hydrogens (tertiary/aromatic N) is 1. The smallest absolute Gasteiger partial charge is 0.222 e. The van der Waals surface area contributed by atoms with Crippen LogP contribution in [0.3, 0.4) is 0 Å². The maximum atomic E-state index is 11.7. The molecule has 0 saturated heterocycles. The van der Waals surface area contributed by atoms with Gasteiger partial charge in [-0.1, -0.05) is 6.92 Å². The van der Waals surface area contributed by atoms with Crippen molar-refractivity contribution in [3.63, 3.8) is 0 Å². The highest BCUT2D eigenvalue weighted by molar-refractivity contribution is 5.76. The number of carbonyl (C=O) groups excluding carboxylic acids is 1. The molecule has 0 aliphatic heterocycles. The van der Waals surface area contributed by atoms with Crippen LogP contribution in [-0.2, 0) is 4.79 Å².